The first-order chi connectivity index (χ1) is 7.56. The molecule has 0 spiro atoms. The minimum Gasteiger partial charge on any atom is -0.453 e. The molecule has 0 aliphatic rings. The normalized spacial score (nSPS) is 11.4. The summed E-state index contributed by atoms with van der Waals surface area (Å²) in [6.07, 6.45) is -2.31. The minimum absolute atomic E-state index is 0.237. The summed E-state index contributed by atoms with van der Waals surface area (Å²) in [4.78, 5) is 0. The van der Waals surface area contributed by atoms with Crippen LogP contribution in [0.3, 0.4) is 0 Å². The third-order valence-corrected chi connectivity index (χ3v) is 1.85. The summed E-state index contributed by atoms with van der Waals surface area (Å²) in [5, 5.41) is 0. The van der Waals surface area contributed by atoms with Crippen molar-refractivity contribution in [3.8, 4) is 17.1 Å². The van der Waals surface area contributed by atoms with Gasteiger partial charge in [0.1, 0.15) is 11.5 Å². The largest absolute Gasteiger partial charge is 0.573 e. The molecule has 1 aromatic heterocycles. The van der Waals surface area contributed by atoms with Crippen molar-refractivity contribution < 1.29 is 22.3 Å². The Labute approximate surface area is 89.3 Å². The highest BCUT2D eigenvalue weighted by Gasteiger charge is 2.32. The summed E-state index contributed by atoms with van der Waals surface area (Å²) < 4.78 is 45.1. The number of furan rings is 1. The zero-order chi connectivity index (χ0) is 11.6. The molecule has 0 bridgehead atoms. The van der Waals surface area contributed by atoms with E-state index < -0.39 is 6.36 Å². The summed E-state index contributed by atoms with van der Waals surface area (Å²) in [6.45, 7) is 0. The van der Waals surface area contributed by atoms with Crippen molar-refractivity contribution in [2.24, 2.45) is 0 Å². The van der Waals surface area contributed by atoms with Gasteiger partial charge in [-0.3, -0.25) is 0 Å². The maximum Gasteiger partial charge on any atom is 0.573 e. The fourth-order valence-electron chi connectivity index (χ4n) is 1.27. The number of alkyl halides is 3. The fraction of sp³-hybridized carbons (Fsp3) is 0.0909. The summed E-state index contributed by atoms with van der Waals surface area (Å²) in [5.74, 6) is -0.0156. The van der Waals surface area contributed by atoms with Crippen molar-refractivity contribution in [1.29, 1.82) is 0 Å². The van der Waals surface area contributed by atoms with Crippen molar-refractivity contribution in [3.05, 3.63) is 42.7 Å². The van der Waals surface area contributed by atoms with Crippen LogP contribution in [0.4, 0.5) is 13.2 Å². The molecule has 0 amide bonds. The van der Waals surface area contributed by atoms with Crippen molar-refractivity contribution in [1.82, 2.24) is 0 Å². The van der Waals surface area contributed by atoms with E-state index in [1.807, 2.05) is 0 Å². The molecular weight excluding hydrogens is 221 g/mol. The van der Waals surface area contributed by atoms with E-state index in [2.05, 4.69) is 11.0 Å². The van der Waals surface area contributed by atoms with Crippen LogP contribution in [-0.4, -0.2) is 6.36 Å². The summed E-state index contributed by atoms with van der Waals surface area (Å²) >= 11 is 0. The lowest BCUT2D eigenvalue weighted by molar-refractivity contribution is -0.274. The van der Waals surface area contributed by atoms with E-state index in [-0.39, 0.29) is 17.1 Å². The molecule has 0 saturated heterocycles. The number of hydrogen-bond donors (Lipinski definition) is 0. The van der Waals surface area contributed by atoms with Gasteiger partial charge in [-0.1, -0.05) is 12.1 Å². The molecule has 1 radical (unpaired) electrons. The van der Waals surface area contributed by atoms with E-state index in [1.54, 1.807) is 6.07 Å². The molecule has 0 saturated carbocycles. The van der Waals surface area contributed by atoms with Gasteiger partial charge >= 0.3 is 6.36 Å². The highest BCUT2D eigenvalue weighted by Crippen LogP contribution is 2.33. The van der Waals surface area contributed by atoms with Gasteiger partial charge in [0.25, 0.3) is 0 Å². The van der Waals surface area contributed by atoms with Crippen LogP contribution in [0.2, 0.25) is 0 Å². The van der Waals surface area contributed by atoms with Crippen LogP contribution in [0.25, 0.3) is 11.3 Å². The second-order valence-corrected chi connectivity index (χ2v) is 2.96. The average Bonchev–Trinajstić information content (AvgIpc) is 2.69. The maximum absolute atomic E-state index is 12.1. The number of hydrogen-bond acceptors (Lipinski definition) is 2. The molecule has 1 aromatic carbocycles. The highest BCUT2D eigenvalue weighted by molar-refractivity contribution is 5.65. The number of halogens is 3. The first kappa shape index (κ1) is 10.6. The Hall–Kier alpha value is -1.91. The van der Waals surface area contributed by atoms with Gasteiger partial charge in [0.15, 0.2) is 6.26 Å². The second-order valence-electron chi connectivity index (χ2n) is 2.96. The van der Waals surface area contributed by atoms with E-state index in [9.17, 15) is 13.2 Å². The molecule has 5 heteroatoms. The Morgan fingerprint density at radius 3 is 2.50 bits per heavy atom. The van der Waals surface area contributed by atoms with E-state index in [4.69, 9.17) is 4.42 Å². The van der Waals surface area contributed by atoms with E-state index in [0.717, 1.165) is 0 Å². The molecule has 2 nitrogen and oxygen atoms in total. The van der Waals surface area contributed by atoms with E-state index >= 15 is 0 Å². The van der Waals surface area contributed by atoms with Crippen LogP contribution < -0.4 is 4.74 Å². The second kappa shape index (κ2) is 3.92. The Morgan fingerprint density at radius 1 is 1.12 bits per heavy atom. The van der Waals surface area contributed by atoms with Crippen molar-refractivity contribution >= 4 is 0 Å². The highest BCUT2D eigenvalue weighted by atomic mass is 19.4. The van der Waals surface area contributed by atoms with Crippen LogP contribution in [-0.2, 0) is 0 Å². The lowest BCUT2D eigenvalue weighted by Gasteiger charge is -2.11. The smallest absolute Gasteiger partial charge is 0.453 e. The standard InChI is InChI=1S/C11H6F3O2/c12-11(13,14)16-10-5-2-1-4-8(10)9-6-3-7-15-9/h1-6H. The Bertz CT molecular complexity index is 460. The number of para-hydroxylation sites is 1. The van der Waals surface area contributed by atoms with Crippen LogP contribution in [0, 0.1) is 6.26 Å². The van der Waals surface area contributed by atoms with Gasteiger partial charge in [0.05, 0.1) is 5.56 Å². The summed E-state index contributed by atoms with van der Waals surface area (Å²) in [7, 11) is 0. The summed E-state index contributed by atoms with van der Waals surface area (Å²) in [5.41, 5.74) is 0.237. The molecule has 83 valence electrons. The third kappa shape index (κ3) is 2.36. The number of rotatable bonds is 2. The molecule has 2 aromatic rings. The molecule has 0 unspecified atom stereocenters. The van der Waals surface area contributed by atoms with Crippen molar-refractivity contribution in [3.63, 3.8) is 0 Å². The van der Waals surface area contributed by atoms with Crippen molar-refractivity contribution in [2.45, 2.75) is 6.36 Å². The van der Waals surface area contributed by atoms with Crippen LogP contribution in [0.15, 0.2) is 40.8 Å². The van der Waals surface area contributed by atoms with Gasteiger partial charge in [-0.2, -0.15) is 0 Å². The van der Waals surface area contributed by atoms with Gasteiger partial charge in [0, 0.05) is 0 Å². The molecule has 0 N–H and O–H groups in total. The fourth-order valence-corrected chi connectivity index (χ4v) is 1.27. The van der Waals surface area contributed by atoms with Gasteiger partial charge in [0.2, 0.25) is 0 Å². The monoisotopic (exact) mass is 227 g/mol. The predicted octanol–water partition coefficient (Wildman–Crippen LogP) is 3.65. The van der Waals surface area contributed by atoms with Crippen LogP contribution in [0.5, 0.6) is 5.75 Å². The van der Waals surface area contributed by atoms with Crippen LogP contribution in [0.1, 0.15) is 0 Å². The topological polar surface area (TPSA) is 22.4 Å². The SMILES string of the molecule is FC(F)(F)Oc1ccccc1-c1cc[c]o1. The van der Waals surface area contributed by atoms with E-state index in [1.165, 1.54) is 30.3 Å². The van der Waals surface area contributed by atoms with Crippen LogP contribution >= 0.6 is 0 Å². The maximum atomic E-state index is 12.1. The molecule has 0 aliphatic heterocycles. The van der Waals surface area contributed by atoms with Gasteiger partial charge < -0.3 is 9.15 Å². The lowest BCUT2D eigenvalue weighted by Crippen LogP contribution is -2.17. The molecule has 16 heavy (non-hydrogen) atoms. The molecule has 0 atom stereocenters. The van der Waals surface area contributed by atoms with Gasteiger partial charge in [-0.25, -0.2) is 0 Å². The van der Waals surface area contributed by atoms with Gasteiger partial charge in [-0.15, -0.1) is 13.2 Å². The molecule has 0 fully saturated rings. The number of benzene rings is 1. The molecule has 2 rings (SSSR count). The zero-order valence-corrected chi connectivity index (χ0v) is 7.91. The predicted molar refractivity (Wildman–Crippen MR) is 49.7 cm³/mol. The third-order valence-electron chi connectivity index (χ3n) is 1.85. The van der Waals surface area contributed by atoms with Gasteiger partial charge in [-0.05, 0) is 24.3 Å². The molecular formula is C11H6F3O2. The average molecular weight is 227 g/mol. The summed E-state index contributed by atoms with van der Waals surface area (Å²) in [6, 6.07) is 8.75. The minimum atomic E-state index is -4.72. The molecule has 0 aliphatic carbocycles. The number of ether oxygens (including phenoxy) is 1. The first-order valence-electron chi connectivity index (χ1n) is 4.37. The van der Waals surface area contributed by atoms with Crippen molar-refractivity contribution in [2.75, 3.05) is 0 Å². The Kier molecular flexibility index (Phi) is 2.60. The zero-order valence-electron chi connectivity index (χ0n) is 7.91. The quantitative estimate of drug-likeness (QED) is 0.781. The lowest BCUT2D eigenvalue weighted by atomic mass is 10.1. The Morgan fingerprint density at radius 2 is 1.88 bits per heavy atom. The van der Waals surface area contributed by atoms with E-state index in [0.29, 0.717) is 0 Å². The first-order valence-corrected chi connectivity index (χ1v) is 4.37. The molecule has 1 heterocycles. The Balaban J connectivity index is 2.39.